The number of nitrogens with zero attached hydrogens (tertiary/aromatic N) is 1. The molecule has 1 heterocycles. The van der Waals surface area contributed by atoms with Gasteiger partial charge in [0.2, 0.25) is 0 Å². The van der Waals surface area contributed by atoms with E-state index in [1.165, 1.54) is 49.8 Å². The fourth-order valence-corrected chi connectivity index (χ4v) is 4.15. The zero-order chi connectivity index (χ0) is 13.2. The summed E-state index contributed by atoms with van der Waals surface area (Å²) < 4.78 is 0. The Morgan fingerprint density at radius 2 is 1.95 bits per heavy atom. The first-order valence-electron chi connectivity index (χ1n) is 7.87. The Hall–Kier alpha value is -1.02. The van der Waals surface area contributed by atoms with Crippen molar-refractivity contribution in [3.8, 4) is 0 Å². The first-order chi connectivity index (χ1) is 9.31. The van der Waals surface area contributed by atoms with Gasteiger partial charge in [-0.2, -0.15) is 0 Å². The molecule has 0 amide bonds. The van der Waals surface area contributed by atoms with Crippen molar-refractivity contribution in [2.24, 2.45) is 11.7 Å². The number of para-hydroxylation sites is 1. The maximum atomic E-state index is 6.16. The van der Waals surface area contributed by atoms with Crippen molar-refractivity contribution in [2.45, 2.75) is 57.5 Å². The summed E-state index contributed by atoms with van der Waals surface area (Å²) in [6.07, 6.45) is 8.12. The van der Waals surface area contributed by atoms with Crippen molar-refractivity contribution in [3.05, 3.63) is 29.8 Å². The fourth-order valence-electron chi connectivity index (χ4n) is 4.15. The Morgan fingerprint density at radius 3 is 2.68 bits per heavy atom. The Kier molecular flexibility index (Phi) is 3.79. The maximum Gasteiger partial charge on any atom is 0.0443 e. The van der Waals surface area contributed by atoms with Gasteiger partial charge in [-0.3, -0.25) is 0 Å². The number of rotatable bonds is 3. The van der Waals surface area contributed by atoms with E-state index >= 15 is 0 Å². The first kappa shape index (κ1) is 13.0. The van der Waals surface area contributed by atoms with Crippen molar-refractivity contribution in [1.29, 1.82) is 0 Å². The standard InChI is InChI=1S/C17H26N2/c1-13-11-15-9-5-6-10-16(15)19(13)17(12-18)14-7-3-2-4-8-14/h5-6,9-10,13-14,17H,2-4,7-8,11-12,18H2,1H3. The van der Waals surface area contributed by atoms with Crippen LogP contribution in [0.25, 0.3) is 0 Å². The van der Waals surface area contributed by atoms with Crippen LogP contribution in [0.2, 0.25) is 0 Å². The summed E-state index contributed by atoms with van der Waals surface area (Å²) >= 11 is 0. The highest BCUT2D eigenvalue weighted by Crippen LogP contribution is 2.38. The monoisotopic (exact) mass is 258 g/mol. The van der Waals surface area contributed by atoms with Crippen LogP contribution in [0.4, 0.5) is 5.69 Å². The number of anilines is 1. The number of nitrogens with two attached hydrogens (primary N) is 1. The van der Waals surface area contributed by atoms with Gasteiger partial charge >= 0.3 is 0 Å². The summed E-state index contributed by atoms with van der Waals surface area (Å²) in [6.45, 7) is 3.15. The van der Waals surface area contributed by atoms with Gasteiger partial charge in [-0.15, -0.1) is 0 Å². The lowest BCUT2D eigenvalue weighted by atomic mass is 9.83. The molecular weight excluding hydrogens is 232 g/mol. The van der Waals surface area contributed by atoms with Gasteiger partial charge in [-0.1, -0.05) is 37.5 Å². The van der Waals surface area contributed by atoms with Crippen LogP contribution in [-0.2, 0) is 6.42 Å². The molecule has 0 aromatic heterocycles. The second kappa shape index (κ2) is 5.54. The molecule has 2 nitrogen and oxygen atoms in total. The van der Waals surface area contributed by atoms with Crippen molar-refractivity contribution in [2.75, 3.05) is 11.4 Å². The quantitative estimate of drug-likeness (QED) is 0.901. The van der Waals surface area contributed by atoms with Crippen LogP contribution < -0.4 is 10.6 Å². The SMILES string of the molecule is CC1Cc2ccccc2N1C(CN)C1CCCCC1. The summed E-state index contributed by atoms with van der Waals surface area (Å²) in [4.78, 5) is 2.63. The van der Waals surface area contributed by atoms with Crippen molar-refractivity contribution < 1.29 is 0 Å². The maximum absolute atomic E-state index is 6.16. The summed E-state index contributed by atoms with van der Waals surface area (Å²) in [5.74, 6) is 0.798. The summed E-state index contributed by atoms with van der Waals surface area (Å²) in [5.41, 5.74) is 9.11. The second-order valence-corrected chi connectivity index (χ2v) is 6.29. The molecule has 2 atom stereocenters. The third-order valence-electron chi connectivity index (χ3n) is 5.05. The minimum absolute atomic E-state index is 0.541. The molecule has 0 spiro atoms. The van der Waals surface area contributed by atoms with Crippen LogP contribution >= 0.6 is 0 Å². The minimum Gasteiger partial charge on any atom is -0.364 e. The van der Waals surface area contributed by atoms with E-state index in [-0.39, 0.29) is 0 Å². The first-order valence-corrected chi connectivity index (χ1v) is 7.87. The molecule has 2 aliphatic rings. The highest BCUT2D eigenvalue weighted by atomic mass is 15.2. The predicted octanol–water partition coefficient (Wildman–Crippen LogP) is 3.35. The van der Waals surface area contributed by atoms with Crippen LogP contribution in [0, 0.1) is 5.92 Å². The van der Waals surface area contributed by atoms with Gasteiger partial charge in [-0.05, 0) is 43.7 Å². The Bertz CT molecular complexity index is 423. The van der Waals surface area contributed by atoms with E-state index in [1.54, 1.807) is 0 Å². The van der Waals surface area contributed by atoms with Crippen LogP contribution in [0.1, 0.15) is 44.6 Å². The minimum atomic E-state index is 0.541. The van der Waals surface area contributed by atoms with Gasteiger partial charge in [0.1, 0.15) is 0 Å². The largest absolute Gasteiger partial charge is 0.364 e. The smallest absolute Gasteiger partial charge is 0.0443 e. The fraction of sp³-hybridized carbons (Fsp3) is 0.647. The van der Waals surface area contributed by atoms with Gasteiger partial charge in [0, 0.05) is 24.3 Å². The van der Waals surface area contributed by atoms with E-state index in [2.05, 4.69) is 36.1 Å². The Morgan fingerprint density at radius 1 is 1.21 bits per heavy atom. The average molecular weight is 258 g/mol. The molecule has 1 aromatic rings. The van der Waals surface area contributed by atoms with Gasteiger partial charge in [0.15, 0.2) is 0 Å². The summed E-state index contributed by atoms with van der Waals surface area (Å²) in [7, 11) is 0. The highest BCUT2D eigenvalue weighted by Gasteiger charge is 2.35. The molecule has 104 valence electrons. The molecule has 1 aliphatic heterocycles. The van der Waals surface area contributed by atoms with Crippen LogP contribution in [-0.4, -0.2) is 18.6 Å². The average Bonchev–Trinajstić information content (AvgIpc) is 2.78. The zero-order valence-electron chi connectivity index (χ0n) is 12.0. The zero-order valence-corrected chi connectivity index (χ0v) is 12.0. The summed E-state index contributed by atoms with van der Waals surface area (Å²) in [6, 6.07) is 10.0. The molecule has 1 fully saturated rings. The van der Waals surface area contributed by atoms with Gasteiger partial charge in [0.05, 0.1) is 0 Å². The number of hydrogen-bond donors (Lipinski definition) is 1. The van der Waals surface area contributed by atoms with Gasteiger partial charge < -0.3 is 10.6 Å². The third-order valence-corrected chi connectivity index (χ3v) is 5.05. The van der Waals surface area contributed by atoms with Crippen LogP contribution in [0.15, 0.2) is 24.3 Å². The molecule has 2 heteroatoms. The van der Waals surface area contributed by atoms with Crippen molar-refractivity contribution in [3.63, 3.8) is 0 Å². The van der Waals surface area contributed by atoms with E-state index < -0.39 is 0 Å². The van der Waals surface area contributed by atoms with E-state index in [9.17, 15) is 0 Å². The lowest BCUT2D eigenvalue weighted by Crippen LogP contribution is -2.49. The molecule has 2 N–H and O–H groups in total. The van der Waals surface area contributed by atoms with Gasteiger partial charge in [-0.25, -0.2) is 0 Å². The molecule has 0 bridgehead atoms. The van der Waals surface area contributed by atoms with Crippen molar-refractivity contribution in [1.82, 2.24) is 0 Å². The molecule has 2 unspecified atom stereocenters. The van der Waals surface area contributed by atoms with Crippen LogP contribution in [0.3, 0.4) is 0 Å². The molecule has 19 heavy (non-hydrogen) atoms. The molecule has 0 radical (unpaired) electrons. The molecule has 0 saturated heterocycles. The molecule has 3 rings (SSSR count). The normalized spacial score (nSPS) is 25.4. The van der Waals surface area contributed by atoms with E-state index in [4.69, 9.17) is 5.73 Å². The predicted molar refractivity (Wildman–Crippen MR) is 81.5 cm³/mol. The topological polar surface area (TPSA) is 29.3 Å². The van der Waals surface area contributed by atoms with Gasteiger partial charge in [0.25, 0.3) is 0 Å². The molecule has 1 saturated carbocycles. The molecule has 1 aliphatic carbocycles. The Labute approximate surface area is 117 Å². The molecular formula is C17H26N2. The van der Waals surface area contributed by atoms with E-state index in [1.807, 2.05) is 0 Å². The number of hydrogen-bond acceptors (Lipinski definition) is 2. The second-order valence-electron chi connectivity index (χ2n) is 6.29. The number of benzene rings is 1. The third kappa shape index (κ3) is 2.38. The number of fused-ring (bicyclic) bond motifs is 1. The van der Waals surface area contributed by atoms with Crippen molar-refractivity contribution >= 4 is 5.69 Å². The lowest BCUT2D eigenvalue weighted by molar-refractivity contribution is 0.290. The molecule has 1 aromatic carbocycles. The van der Waals surface area contributed by atoms with E-state index in [0.717, 1.165) is 12.5 Å². The highest BCUT2D eigenvalue weighted by molar-refractivity contribution is 5.60. The lowest BCUT2D eigenvalue weighted by Gasteiger charge is -2.40. The van der Waals surface area contributed by atoms with E-state index in [0.29, 0.717) is 12.1 Å². The van der Waals surface area contributed by atoms with Crippen LogP contribution in [0.5, 0.6) is 0 Å². The Balaban J connectivity index is 1.86. The summed E-state index contributed by atoms with van der Waals surface area (Å²) in [5, 5.41) is 0.